The van der Waals surface area contributed by atoms with E-state index in [1.807, 2.05) is 41.6 Å². The third-order valence-corrected chi connectivity index (χ3v) is 8.41. The maximum atomic E-state index is 13.9. The molecular formula is C22H31N3O2S. The molecule has 2 aromatic rings. The molecule has 0 N–H and O–H groups in total. The summed E-state index contributed by atoms with van der Waals surface area (Å²) in [4.78, 5) is 0.368. The van der Waals surface area contributed by atoms with Crippen molar-refractivity contribution in [2.75, 3.05) is 0 Å². The second-order valence-corrected chi connectivity index (χ2v) is 10.1. The zero-order chi connectivity index (χ0) is 19.6. The van der Waals surface area contributed by atoms with Crippen LogP contribution in [-0.2, 0) is 10.0 Å². The number of benzene rings is 1. The Bertz CT molecular complexity index is 862. The number of nitrogens with zero attached hydrogens (tertiary/aromatic N) is 3. The quantitative estimate of drug-likeness (QED) is 0.720. The van der Waals surface area contributed by atoms with Crippen LogP contribution in [0.5, 0.6) is 0 Å². The fourth-order valence-electron chi connectivity index (χ4n) is 4.89. The van der Waals surface area contributed by atoms with Crippen molar-refractivity contribution in [3.8, 4) is 5.69 Å². The van der Waals surface area contributed by atoms with Crippen LogP contribution < -0.4 is 0 Å². The third-order valence-electron chi connectivity index (χ3n) is 6.30. The number of aryl methyl sites for hydroxylation is 1. The van der Waals surface area contributed by atoms with Gasteiger partial charge in [0.05, 0.1) is 17.6 Å². The predicted molar refractivity (Wildman–Crippen MR) is 111 cm³/mol. The molecule has 4 rings (SSSR count). The van der Waals surface area contributed by atoms with Crippen LogP contribution in [0.4, 0.5) is 0 Å². The highest BCUT2D eigenvalue weighted by Gasteiger charge is 2.39. The fourth-order valence-corrected chi connectivity index (χ4v) is 6.97. The SMILES string of the molecule is Cc1nn(-c2ccccc2)cc1S(=O)(=O)N(C1CCCCC1)C1CCCCC1. The first-order chi connectivity index (χ1) is 13.6. The van der Waals surface area contributed by atoms with E-state index in [0.717, 1.165) is 57.1 Å². The highest BCUT2D eigenvalue weighted by Crippen LogP contribution is 2.35. The first-order valence-electron chi connectivity index (χ1n) is 10.7. The summed E-state index contributed by atoms with van der Waals surface area (Å²) in [5.41, 5.74) is 1.47. The van der Waals surface area contributed by atoms with E-state index in [-0.39, 0.29) is 12.1 Å². The fraction of sp³-hybridized carbons (Fsp3) is 0.591. The van der Waals surface area contributed by atoms with Crippen LogP contribution in [0, 0.1) is 6.92 Å². The molecule has 152 valence electrons. The first kappa shape index (κ1) is 19.6. The standard InChI is InChI=1S/C22H31N3O2S/c1-18-22(17-24(23-18)19-11-5-2-6-12-19)28(26,27)25(20-13-7-3-8-14-20)21-15-9-4-10-16-21/h2,5-6,11-12,17,20-21H,3-4,7-10,13-16H2,1H3. The maximum Gasteiger partial charge on any atom is 0.246 e. The van der Waals surface area contributed by atoms with Crippen molar-refractivity contribution in [3.05, 3.63) is 42.2 Å². The summed E-state index contributed by atoms with van der Waals surface area (Å²) in [6.45, 7) is 1.81. The van der Waals surface area contributed by atoms with Crippen molar-refractivity contribution in [1.82, 2.24) is 14.1 Å². The molecule has 28 heavy (non-hydrogen) atoms. The van der Waals surface area contributed by atoms with Crippen LogP contribution in [0.15, 0.2) is 41.4 Å². The van der Waals surface area contributed by atoms with Crippen molar-refractivity contribution < 1.29 is 8.42 Å². The Hall–Kier alpha value is -1.66. The van der Waals surface area contributed by atoms with Crippen molar-refractivity contribution in [1.29, 1.82) is 0 Å². The van der Waals surface area contributed by atoms with E-state index in [0.29, 0.717) is 10.6 Å². The van der Waals surface area contributed by atoms with Gasteiger partial charge in [0, 0.05) is 12.1 Å². The normalized spacial score (nSPS) is 19.9. The average Bonchev–Trinajstić information content (AvgIpc) is 3.13. The van der Waals surface area contributed by atoms with E-state index in [4.69, 9.17) is 0 Å². The largest absolute Gasteiger partial charge is 0.246 e. The molecule has 0 radical (unpaired) electrons. The number of para-hydroxylation sites is 1. The molecule has 1 heterocycles. The lowest BCUT2D eigenvalue weighted by atomic mass is 9.91. The van der Waals surface area contributed by atoms with E-state index >= 15 is 0 Å². The van der Waals surface area contributed by atoms with Gasteiger partial charge in [-0.3, -0.25) is 0 Å². The predicted octanol–water partition coefficient (Wildman–Crippen LogP) is 4.84. The number of rotatable bonds is 5. The molecule has 1 aromatic heterocycles. The lowest BCUT2D eigenvalue weighted by Crippen LogP contribution is -2.48. The van der Waals surface area contributed by atoms with Gasteiger partial charge in [0.25, 0.3) is 0 Å². The van der Waals surface area contributed by atoms with E-state index in [2.05, 4.69) is 5.10 Å². The van der Waals surface area contributed by atoms with Gasteiger partial charge < -0.3 is 0 Å². The molecule has 6 heteroatoms. The highest BCUT2D eigenvalue weighted by atomic mass is 32.2. The van der Waals surface area contributed by atoms with E-state index in [1.165, 1.54) is 12.8 Å². The van der Waals surface area contributed by atoms with Crippen molar-refractivity contribution in [2.24, 2.45) is 0 Å². The van der Waals surface area contributed by atoms with Gasteiger partial charge in [0.1, 0.15) is 4.90 Å². The Kier molecular flexibility index (Phi) is 5.88. The molecule has 2 saturated carbocycles. The Balaban J connectivity index is 1.71. The van der Waals surface area contributed by atoms with Crippen LogP contribution in [0.2, 0.25) is 0 Å². The summed E-state index contributed by atoms with van der Waals surface area (Å²) in [5.74, 6) is 0. The van der Waals surface area contributed by atoms with Gasteiger partial charge >= 0.3 is 0 Å². The van der Waals surface area contributed by atoms with Gasteiger partial charge in [0.15, 0.2) is 0 Å². The monoisotopic (exact) mass is 401 g/mol. The molecule has 0 spiro atoms. The van der Waals surface area contributed by atoms with Crippen LogP contribution in [-0.4, -0.2) is 34.6 Å². The molecule has 2 aliphatic carbocycles. The summed E-state index contributed by atoms with van der Waals surface area (Å²) in [6, 6.07) is 10.0. The van der Waals surface area contributed by atoms with E-state index < -0.39 is 10.0 Å². The molecule has 0 amide bonds. The topological polar surface area (TPSA) is 55.2 Å². The molecule has 0 aliphatic heterocycles. The molecular weight excluding hydrogens is 370 g/mol. The zero-order valence-electron chi connectivity index (χ0n) is 16.8. The van der Waals surface area contributed by atoms with Gasteiger partial charge in [-0.25, -0.2) is 13.1 Å². The van der Waals surface area contributed by atoms with Gasteiger partial charge in [-0.05, 0) is 44.7 Å². The van der Waals surface area contributed by atoms with Gasteiger partial charge in [0.2, 0.25) is 10.0 Å². The van der Waals surface area contributed by atoms with Gasteiger partial charge in [-0.2, -0.15) is 9.40 Å². The summed E-state index contributed by atoms with van der Waals surface area (Å²) in [6.07, 6.45) is 12.6. The van der Waals surface area contributed by atoms with Crippen LogP contribution in [0.25, 0.3) is 5.69 Å². The van der Waals surface area contributed by atoms with Gasteiger partial charge in [-0.15, -0.1) is 0 Å². The molecule has 0 bridgehead atoms. The second kappa shape index (κ2) is 8.37. The maximum absolute atomic E-state index is 13.9. The summed E-state index contributed by atoms with van der Waals surface area (Å²) in [7, 11) is -3.57. The zero-order valence-corrected chi connectivity index (χ0v) is 17.6. The molecule has 0 saturated heterocycles. The van der Waals surface area contributed by atoms with Crippen molar-refractivity contribution in [2.45, 2.75) is 88.1 Å². The van der Waals surface area contributed by atoms with Crippen molar-refractivity contribution >= 4 is 10.0 Å². The third kappa shape index (κ3) is 3.90. The molecule has 0 atom stereocenters. The second-order valence-electron chi connectivity index (χ2n) is 8.28. The minimum atomic E-state index is -3.57. The number of hydrogen-bond acceptors (Lipinski definition) is 3. The molecule has 1 aromatic carbocycles. The Morgan fingerprint density at radius 2 is 1.43 bits per heavy atom. The first-order valence-corrected chi connectivity index (χ1v) is 12.2. The Labute approximate surface area is 168 Å². The smallest absolute Gasteiger partial charge is 0.239 e. The summed E-state index contributed by atoms with van der Waals surface area (Å²) >= 11 is 0. The average molecular weight is 402 g/mol. The number of aromatic nitrogens is 2. The minimum Gasteiger partial charge on any atom is -0.239 e. The lowest BCUT2D eigenvalue weighted by molar-refractivity contribution is 0.169. The number of hydrogen-bond donors (Lipinski definition) is 0. The van der Waals surface area contributed by atoms with E-state index in [9.17, 15) is 8.42 Å². The van der Waals surface area contributed by atoms with Crippen LogP contribution in [0.1, 0.15) is 69.9 Å². The summed E-state index contributed by atoms with van der Waals surface area (Å²) in [5, 5.41) is 4.53. The molecule has 0 unspecified atom stereocenters. The van der Waals surface area contributed by atoms with Crippen LogP contribution in [0.3, 0.4) is 0 Å². The molecule has 5 nitrogen and oxygen atoms in total. The van der Waals surface area contributed by atoms with Gasteiger partial charge in [-0.1, -0.05) is 56.7 Å². The highest BCUT2D eigenvalue weighted by molar-refractivity contribution is 7.89. The summed E-state index contributed by atoms with van der Waals surface area (Å²) < 4.78 is 31.3. The Morgan fingerprint density at radius 1 is 0.893 bits per heavy atom. The van der Waals surface area contributed by atoms with Crippen LogP contribution >= 0.6 is 0 Å². The van der Waals surface area contributed by atoms with Crippen molar-refractivity contribution in [3.63, 3.8) is 0 Å². The molecule has 2 fully saturated rings. The minimum absolute atomic E-state index is 0.140. The Morgan fingerprint density at radius 3 is 1.96 bits per heavy atom. The van der Waals surface area contributed by atoms with E-state index in [1.54, 1.807) is 10.9 Å². The lowest BCUT2D eigenvalue weighted by Gasteiger charge is -2.40. The molecule has 2 aliphatic rings. The number of sulfonamides is 1.